The third-order valence-corrected chi connectivity index (χ3v) is 5.39. The average molecular weight is 351 g/mol. The molecule has 1 atom stereocenters. The predicted molar refractivity (Wildman–Crippen MR) is 100 cm³/mol. The van der Waals surface area contributed by atoms with Crippen molar-refractivity contribution in [3.63, 3.8) is 0 Å². The van der Waals surface area contributed by atoms with Crippen molar-refractivity contribution in [1.82, 2.24) is 9.55 Å². The Morgan fingerprint density at radius 3 is 2.68 bits per heavy atom. The van der Waals surface area contributed by atoms with E-state index in [0.29, 0.717) is 16.5 Å². The Hall–Kier alpha value is -2.60. The van der Waals surface area contributed by atoms with Gasteiger partial charge in [0, 0.05) is 19.4 Å². The van der Waals surface area contributed by atoms with E-state index in [1.165, 1.54) is 11.8 Å². The van der Waals surface area contributed by atoms with E-state index in [4.69, 9.17) is 0 Å². The first-order chi connectivity index (χ1) is 12.1. The summed E-state index contributed by atoms with van der Waals surface area (Å²) in [5.41, 5.74) is 1.26. The topological polar surface area (TPSA) is 64.0 Å². The van der Waals surface area contributed by atoms with Crippen LogP contribution in [0.1, 0.15) is 23.5 Å². The summed E-state index contributed by atoms with van der Waals surface area (Å²) in [5, 5.41) is 5.67. The third-order valence-electron chi connectivity index (χ3n) is 4.66. The number of rotatable bonds is 2. The first-order valence-electron chi connectivity index (χ1n) is 8.02. The number of anilines is 1. The molecule has 0 unspecified atom stereocenters. The second kappa shape index (κ2) is 6.04. The second-order valence-electron chi connectivity index (χ2n) is 6.14. The Bertz CT molecular complexity index is 1060. The fourth-order valence-corrected chi connectivity index (χ4v) is 3.97. The van der Waals surface area contributed by atoms with E-state index in [0.717, 1.165) is 16.3 Å². The van der Waals surface area contributed by atoms with Crippen LogP contribution >= 0.6 is 11.8 Å². The molecule has 1 amide bonds. The summed E-state index contributed by atoms with van der Waals surface area (Å²) < 4.78 is 1.78. The lowest BCUT2D eigenvalue weighted by molar-refractivity contribution is -0.116. The SMILES string of the molecule is CSc1nc(=O)c2c(n1C)NC(=O)C[C@H]2c1ccc2ccccc2c1. The zero-order valence-corrected chi connectivity index (χ0v) is 14.8. The molecule has 1 aromatic heterocycles. The summed E-state index contributed by atoms with van der Waals surface area (Å²) in [4.78, 5) is 29.1. The van der Waals surface area contributed by atoms with Crippen molar-refractivity contribution in [2.75, 3.05) is 11.6 Å². The molecule has 6 heteroatoms. The van der Waals surface area contributed by atoms with Crippen molar-refractivity contribution in [3.8, 4) is 0 Å². The van der Waals surface area contributed by atoms with E-state index in [2.05, 4.69) is 16.4 Å². The first-order valence-corrected chi connectivity index (χ1v) is 9.24. The maximum atomic E-state index is 12.7. The van der Waals surface area contributed by atoms with Crippen molar-refractivity contribution in [2.24, 2.45) is 7.05 Å². The number of aromatic nitrogens is 2. The number of amides is 1. The van der Waals surface area contributed by atoms with Crippen LogP contribution in [0.25, 0.3) is 10.8 Å². The summed E-state index contributed by atoms with van der Waals surface area (Å²) in [7, 11) is 1.82. The number of thioether (sulfide) groups is 1. The monoisotopic (exact) mass is 351 g/mol. The van der Waals surface area contributed by atoms with Crippen molar-refractivity contribution in [1.29, 1.82) is 0 Å². The van der Waals surface area contributed by atoms with Crippen LogP contribution < -0.4 is 10.9 Å². The van der Waals surface area contributed by atoms with Crippen molar-refractivity contribution < 1.29 is 4.79 Å². The predicted octanol–water partition coefficient (Wildman–Crippen LogP) is 3.13. The highest BCUT2D eigenvalue weighted by atomic mass is 32.2. The Morgan fingerprint density at radius 1 is 1.16 bits per heavy atom. The van der Waals surface area contributed by atoms with Gasteiger partial charge in [0.25, 0.3) is 5.56 Å². The quantitative estimate of drug-likeness (QED) is 0.569. The van der Waals surface area contributed by atoms with E-state index in [1.807, 2.05) is 49.7 Å². The number of nitrogens with one attached hydrogen (secondary N) is 1. The normalized spacial score (nSPS) is 16.6. The van der Waals surface area contributed by atoms with Gasteiger partial charge in [-0.15, -0.1) is 0 Å². The lowest BCUT2D eigenvalue weighted by Crippen LogP contribution is -2.33. The van der Waals surface area contributed by atoms with Gasteiger partial charge in [0.2, 0.25) is 5.91 Å². The van der Waals surface area contributed by atoms with Gasteiger partial charge in [0.05, 0.1) is 5.56 Å². The minimum absolute atomic E-state index is 0.0843. The van der Waals surface area contributed by atoms with E-state index < -0.39 is 0 Å². The standard InChI is InChI=1S/C19H17N3O2S/c1-22-17-16(18(24)21-19(22)25-2)14(10-15(23)20-17)13-8-7-11-5-3-4-6-12(11)9-13/h3-9,14H,10H2,1-2H3,(H,20,23)/t14-/m0/s1. The molecule has 0 aliphatic carbocycles. The van der Waals surface area contributed by atoms with Crippen molar-refractivity contribution in [2.45, 2.75) is 17.5 Å². The Balaban J connectivity index is 1.93. The maximum absolute atomic E-state index is 12.7. The number of nitrogens with zero attached hydrogens (tertiary/aromatic N) is 2. The van der Waals surface area contributed by atoms with Crippen LogP contribution in [-0.4, -0.2) is 21.7 Å². The minimum atomic E-state index is -0.282. The molecule has 1 aliphatic heterocycles. The van der Waals surface area contributed by atoms with Crippen molar-refractivity contribution in [3.05, 3.63) is 63.9 Å². The summed E-state index contributed by atoms with van der Waals surface area (Å²) in [6, 6.07) is 14.2. The Labute approximate surface area is 149 Å². The lowest BCUT2D eigenvalue weighted by Gasteiger charge is -2.27. The number of carbonyl (C=O) groups is 1. The zero-order chi connectivity index (χ0) is 17.6. The zero-order valence-electron chi connectivity index (χ0n) is 13.9. The summed E-state index contributed by atoms with van der Waals surface area (Å²) in [6.07, 6.45) is 2.11. The molecule has 0 saturated heterocycles. The highest BCUT2D eigenvalue weighted by Crippen LogP contribution is 2.36. The maximum Gasteiger partial charge on any atom is 0.279 e. The Morgan fingerprint density at radius 2 is 1.92 bits per heavy atom. The van der Waals surface area contributed by atoms with Crippen molar-refractivity contribution >= 4 is 34.3 Å². The van der Waals surface area contributed by atoms with Gasteiger partial charge < -0.3 is 9.88 Å². The number of fused-ring (bicyclic) bond motifs is 2. The molecule has 0 spiro atoms. The molecule has 3 aromatic rings. The molecule has 25 heavy (non-hydrogen) atoms. The van der Waals surface area contributed by atoms with Gasteiger partial charge in [0.15, 0.2) is 5.16 Å². The van der Waals surface area contributed by atoms with Crippen LogP contribution in [0.2, 0.25) is 0 Å². The van der Waals surface area contributed by atoms with Crippen LogP contribution in [0.5, 0.6) is 0 Å². The number of hydrogen-bond acceptors (Lipinski definition) is 4. The molecule has 0 radical (unpaired) electrons. The fraction of sp³-hybridized carbons (Fsp3) is 0.211. The number of benzene rings is 2. The molecule has 0 bridgehead atoms. The highest BCUT2D eigenvalue weighted by molar-refractivity contribution is 7.98. The molecular weight excluding hydrogens is 334 g/mol. The molecule has 1 N–H and O–H groups in total. The summed E-state index contributed by atoms with van der Waals surface area (Å²) in [6.45, 7) is 0. The van der Waals surface area contributed by atoms with Gasteiger partial charge in [0.1, 0.15) is 5.82 Å². The molecule has 0 fully saturated rings. The second-order valence-corrected chi connectivity index (χ2v) is 6.91. The largest absolute Gasteiger partial charge is 0.312 e. The smallest absolute Gasteiger partial charge is 0.279 e. The average Bonchev–Trinajstić information content (AvgIpc) is 2.63. The molecule has 4 rings (SSSR count). The highest BCUT2D eigenvalue weighted by Gasteiger charge is 2.32. The Kier molecular flexibility index (Phi) is 3.84. The molecule has 5 nitrogen and oxygen atoms in total. The molecule has 2 aromatic carbocycles. The van der Waals surface area contributed by atoms with Crippen LogP contribution in [0.4, 0.5) is 5.82 Å². The van der Waals surface area contributed by atoms with E-state index in [-0.39, 0.29) is 23.8 Å². The van der Waals surface area contributed by atoms with Gasteiger partial charge in [-0.05, 0) is 22.6 Å². The summed E-state index contributed by atoms with van der Waals surface area (Å²) in [5.74, 6) is 0.188. The van der Waals surface area contributed by atoms with Gasteiger partial charge in [-0.3, -0.25) is 9.59 Å². The number of carbonyl (C=O) groups excluding carboxylic acids is 1. The van der Waals surface area contributed by atoms with E-state index in [9.17, 15) is 9.59 Å². The van der Waals surface area contributed by atoms with E-state index >= 15 is 0 Å². The minimum Gasteiger partial charge on any atom is -0.312 e. The molecule has 2 heterocycles. The molecule has 126 valence electrons. The van der Waals surface area contributed by atoms with Crippen LogP contribution in [0.15, 0.2) is 52.4 Å². The van der Waals surface area contributed by atoms with Crippen LogP contribution in [0.3, 0.4) is 0 Å². The van der Waals surface area contributed by atoms with Crippen LogP contribution in [0, 0.1) is 0 Å². The van der Waals surface area contributed by atoms with E-state index in [1.54, 1.807) is 4.57 Å². The fourth-order valence-electron chi connectivity index (χ4n) is 3.43. The van der Waals surface area contributed by atoms with Gasteiger partial charge in [-0.2, -0.15) is 4.98 Å². The molecule has 0 saturated carbocycles. The third kappa shape index (κ3) is 2.62. The molecular formula is C19H17N3O2S. The van der Waals surface area contributed by atoms with Crippen LogP contribution in [-0.2, 0) is 11.8 Å². The molecule has 1 aliphatic rings. The first kappa shape index (κ1) is 15.9. The number of hydrogen-bond donors (Lipinski definition) is 1. The lowest BCUT2D eigenvalue weighted by atomic mass is 9.86. The van der Waals surface area contributed by atoms with Gasteiger partial charge in [-0.1, -0.05) is 54.2 Å². The summed E-state index contributed by atoms with van der Waals surface area (Å²) >= 11 is 1.38. The van der Waals surface area contributed by atoms with Gasteiger partial charge >= 0.3 is 0 Å². The van der Waals surface area contributed by atoms with Gasteiger partial charge in [-0.25, -0.2) is 0 Å².